The molecule has 8 nitrogen and oxygen atoms in total. The smallest absolute Gasteiger partial charge is 0.326 e. The van der Waals surface area contributed by atoms with Gasteiger partial charge in [0.2, 0.25) is 0 Å². The molecule has 1 aromatic carbocycles. The minimum absolute atomic E-state index is 0.283. The molecule has 1 heterocycles. The molecule has 1 unspecified atom stereocenters. The number of amides is 4. The average molecular weight is 440 g/mol. The van der Waals surface area contributed by atoms with Gasteiger partial charge < -0.3 is 15.4 Å². The second-order valence-electron chi connectivity index (χ2n) is 7.25. The van der Waals surface area contributed by atoms with Crippen LogP contribution in [0.4, 0.5) is 4.79 Å². The van der Waals surface area contributed by atoms with Crippen molar-refractivity contribution in [1.82, 2.24) is 16.0 Å². The molecule has 156 valence electrons. The van der Waals surface area contributed by atoms with E-state index < -0.39 is 42.0 Å². The Kier molecular flexibility index (Phi) is 7.21. The summed E-state index contributed by atoms with van der Waals surface area (Å²) in [5.74, 6) is -2.12. The van der Waals surface area contributed by atoms with Crippen LogP contribution in [-0.2, 0) is 14.3 Å². The Hall–Kier alpha value is -2.65. The molecule has 0 spiro atoms. The van der Waals surface area contributed by atoms with Crippen molar-refractivity contribution in [3.05, 3.63) is 34.2 Å². The van der Waals surface area contributed by atoms with Gasteiger partial charge in [-0.25, -0.2) is 4.79 Å². The molecule has 1 aromatic heterocycles. The van der Waals surface area contributed by atoms with E-state index in [4.69, 9.17) is 16.3 Å². The lowest BCUT2D eigenvalue weighted by molar-refractivity contribution is -0.153. The summed E-state index contributed by atoms with van der Waals surface area (Å²) in [7, 11) is 0. The molecule has 29 heavy (non-hydrogen) atoms. The number of hydrogen-bond donors (Lipinski definition) is 3. The maximum Gasteiger partial charge on any atom is 0.326 e. The number of hydrogen-bond acceptors (Lipinski definition) is 6. The van der Waals surface area contributed by atoms with Crippen molar-refractivity contribution in [3.63, 3.8) is 0 Å². The van der Waals surface area contributed by atoms with Crippen LogP contribution >= 0.6 is 22.9 Å². The number of benzene rings is 1. The predicted octanol–water partition coefficient (Wildman–Crippen LogP) is 2.84. The predicted molar refractivity (Wildman–Crippen MR) is 111 cm³/mol. The molecule has 10 heteroatoms. The molecule has 4 amide bonds. The Bertz CT molecular complexity index is 951. The van der Waals surface area contributed by atoms with Crippen molar-refractivity contribution in [3.8, 4) is 0 Å². The molecule has 3 N–H and O–H groups in total. The van der Waals surface area contributed by atoms with E-state index in [2.05, 4.69) is 16.0 Å². The number of esters is 1. The van der Waals surface area contributed by atoms with Crippen LogP contribution in [0.3, 0.4) is 0 Å². The van der Waals surface area contributed by atoms with Gasteiger partial charge >= 0.3 is 12.0 Å². The number of thiophene rings is 1. The third kappa shape index (κ3) is 6.43. The molecule has 0 aliphatic heterocycles. The number of fused-ring (bicyclic) bond motifs is 1. The standard InChI is InChI=1S/C19H22ClN3O5S/c1-10(16(25)22-18(27)23-19(2,3)4)28-13(24)9-21-17(26)15-14(20)11-7-5-6-8-12(11)29-15/h5-8,10H,9H2,1-4H3,(H,21,26)(H2,22,23,25,27). The van der Waals surface area contributed by atoms with E-state index in [1.54, 1.807) is 26.8 Å². The fraction of sp³-hybridized carbons (Fsp3) is 0.368. The Morgan fingerprint density at radius 2 is 1.83 bits per heavy atom. The molecule has 0 saturated heterocycles. The summed E-state index contributed by atoms with van der Waals surface area (Å²) in [6.45, 7) is 6.14. The van der Waals surface area contributed by atoms with Crippen LogP contribution in [-0.4, -0.2) is 42.0 Å². The van der Waals surface area contributed by atoms with Gasteiger partial charge in [-0.05, 0) is 33.8 Å². The lowest BCUT2D eigenvalue weighted by atomic mass is 10.1. The van der Waals surface area contributed by atoms with Gasteiger partial charge in [0.05, 0.1) is 5.02 Å². The molecule has 0 aliphatic carbocycles. The second-order valence-corrected chi connectivity index (χ2v) is 8.68. The van der Waals surface area contributed by atoms with Gasteiger partial charge in [0.15, 0.2) is 6.10 Å². The molecule has 0 saturated carbocycles. The highest BCUT2D eigenvalue weighted by atomic mass is 35.5. The number of nitrogens with one attached hydrogen (secondary N) is 3. The van der Waals surface area contributed by atoms with Gasteiger partial charge in [0, 0.05) is 15.6 Å². The molecule has 1 atom stereocenters. The number of carbonyl (C=O) groups excluding carboxylic acids is 4. The van der Waals surface area contributed by atoms with Crippen molar-refractivity contribution < 1.29 is 23.9 Å². The summed E-state index contributed by atoms with van der Waals surface area (Å²) >= 11 is 7.44. The summed E-state index contributed by atoms with van der Waals surface area (Å²) < 4.78 is 5.79. The first kappa shape index (κ1) is 22.6. The minimum atomic E-state index is -1.21. The first-order valence-corrected chi connectivity index (χ1v) is 9.95. The minimum Gasteiger partial charge on any atom is -0.451 e. The van der Waals surface area contributed by atoms with Gasteiger partial charge in [-0.3, -0.25) is 19.7 Å². The lowest BCUT2D eigenvalue weighted by Crippen LogP contribution is -2.50. The van der Waals surface area contributed by atoms with Crippen molar-refractivity contribution in [2.75, 3.05) is 6.54 Å². The van der Waals surface area contributed by atoms with Gasteiger partial charge in [-0.2, -0.15) is 0 Å². The first-order valence-electron chi connectivity index (χ1n) is 8.75. The summed E-state index contributed by atoms with van der Waals surface area (Å²) in [5, 5.41) is 8.13. The molecule has 0 fully saturated rings. The van der Waals surface area contributed by atoms with Crippen molar-refractivity contribution in [2.24, 2.45) is 0 Å². The van der Waals surface area contributed by atoms with Crippen LogP contribution in [0.5, 0.6) is 0 Å². The largest absolute Gasteiger partial charge is 0.451 e. The van der Waals surface area contributed by atoms with E-state index in [0.29, 0.717) is 5.02 Å². The summed E-state index contributed by atoms with van der Waals surface area (Å²) in [6, 6.07) is 6.59. The molecular formula is C19H22ClN3O5S. The zero-order chi connectivity index (χ0) is 21.8. The fourth-order valence-electron chi connectivity index (χ4n) is 2.27. The molecule has 2 rings (SSSR count). The van der Waals surface area contributed by atoms with E-state index in [1.807, 2.05) is 18.2 Å². The molecule has 0 bridgehead atoms. The highest BCUT2D eigenvalue weighted by Gasteiger charge is 2.23. The Balaban J connectivity index is 1.85. The van der Waals surface area contributed by atoms with E-state index in [9.17, 15) is 19.2 Å². The highest BCUT2D eigenvalue weighted by molar-refractivity contribution is 7.21. The van der Waals surface area contributed by atoms with Gasteiger partial charge in [0.25, 0.3) is 11.8 Å². The number of urea groups is 1. The Morgan fingerprint density at radius 3 is 2.45 bits per heavy atom. The highest BCUT2D eigenvalue weighted by Crippen LogP contribution is 2.34. The zero-order valence-corrected chi connectivity index (χ0v) is 18.0. The summed E-state index contributed by atoms with van der Waals surface area (Å²) in [4.78, 5) is 48.1. The van der Waals surface area contributed by atoms with Crippen LogP contribution < -0.4 is 16.0 Å². The third-order valence-electron chi connectivity index (χ3n) is 3.54. The maximum absolute atomic E-state index is 12.3. The average Bonchev–Trinajstić information content (AvgIpc) is 2.95. The summed E-state index contributed by atoms with van der Waals surface area (Å²) in [5.41, 5.74) is -0.525. The van der Waals surface area contributed by atoms with Crippen molar-refractivity contribution in [1.29, 1.82) is 0 Å². The molecule has 2 aromatic rings. The van der Waals surface area contributed by atoms with Gasteiger partial charge in [0.1, 0.15) is 11.4 Å². The number of halogens is 1. The Morgan fingerprint density at radius 1 is 1.17 bits per heavy atom. The van der Waals surface area contributed by atoms with Gasteiger partial charge in [-0.1, -0.05) is 29.8 Å². The molecular weight excluding hydrogens is 418 g/mol. The van der Waals surface area contributed by atoms with Crippen LogP contribution in [0.1, 0.15) is 37.4 Å². The molecule has 0 aliphatic rings. The quantitative estimate of drug-likeness (QED) is 0.620. The fourth-order valence-corrected chi connectivity index (χ4v) is 3.70. The third-order valence-corrected chi connectivity index (χ3v) is 5.21. The number of imide groups is 1. The first-order chi connectivity index (χ1) is 13.5. The monoisotopic (exact) mass is 439 g/mol. The van der Waals surface area contributed by atoms with E-state index >= 15 is 0 Å². The van der Waals surface area contributed by atoms with Crippen molar-refractivity contribution in [2.45, 2.75) is 39.3 Å². The summed E-state index contributed by atoms with van der Waals surface area (Å²) in [6.07, 6.45) is -1.21. The van der Waals surface area contributed by atoms with E-state index in [1.165, 1.54) is 18.3 Å². The van der Waals surface area contributed by atoms with Gasteiger partial charge in [-0.15, -0.1) is 11.3 Å². The van der Waals surface area contributed by atoms with E-state index in [0.717, 1.165) is 10.1 Å². The second kappa shape index (κ2) is 9.23. The zero-order valence-electron chi connectivity index (χ0n) is 16.4. The molecule has 0 radical (unpaired) electrons. The number of carbonyl (C=O) groups is 4. The Labute approximate surface area is 176 Å². The lowest BCUT2D eigenvalue weighted by Gasteiger charge is -2.21. The van der Waals surface area contributed by atoms with Crippen LogP contribution in [0.25, 0.3) is 10.1 Å². The van der Waals surface area contributed by atoms with Crippen LogP contribution in [0.2, 0.25) is 5.02 Å². The van der Waals surface area contributed by atoms with Crippen LogP contribution in [0, 0.1) is 0 Å². The van der Waals surface area contributed by atoms with Crippen molar-refractivity contribution >= 4 is 56.8 Å². The normalized spacial score (nSPS) is 12.2. The SMILES string of the molecule is CC(OC(=O)CNC(=O)c1sc2ccccc2c1Cl)C(=O)NC(=O)NC(C)(C)C. The number of rotatable bonds is 5. The topological polar surface area (TPSA) is 114 Å². The maximum atomic E-state index is 12.3. The van der Waals surface area contributed by atoms with Crippen LogP contribution in [0.15, 0.2) is 24.3 Å². The van der Waals surface area contributed by atoms with E-state index in [-0.39, 0.29) is 4.88 Å². The number of ether oxygens (including phenoxy) is 1.